The predicted molar refractivity (Wildman–Crippen MR) is 93.3 cm³/mol. The maximum atomic E-state index is 3.61. The molecule has 1 aliphatic rings. The number of rotatable bonds is 1. The molecule has 1 heteroatoms. The van der Waals surface area contributed by atoms with E-state index < -0.39 is 0 Å². The quantitative estimate of drug-likeness (QED) is 0.692. The molecule has 0 fully saturated rings. The Kier molecular flexibility index (Phi) is 3.05. The normalized spacial score (nSPS) is 20.8. The van der Waals surface area contributed by atoms with E-state index in [1.807, 2.05) is 0 Å². The Morgan fingerprint density at radius 1 is 0.818 bits per heavy atom. The van der Waals surface area contributed by atoms with Crippen LogP contribution in [0.2, 0.25) is 0 Å². The standard InChI is InChI=1S/C21H21N/c1-15-11-12-20(18-9-5-4-8-17(15)18)21(2)14-22-13-16-7-3-6-10-19(16)21/h3-12,22H,13-14H2,1-2H3. The second-order valence-corrected chi connectivity index (χ2v) is 6.57. The fourth-order valence-corrected chi connectivity index (χ4v) is 3.93. The largest absolute Gasteiger partial charge is 0.311 e. The van der Waals surface area contributed by atoms with Gasteiger partial charge in [0.2, 0.25) is 0 Å². The number of fused-ring (bicyclic) bond motifs is 2. The Hall–Kier alpha value is -2.12. The van der Waals surface area contributed by atoms with Gasteiger partial charge in [-0.3, -0.25) is 0 Å². The van der Waals surface area contributed by atoms with E-state index in [9.17, 15) is 0 Å². The number of nitrogens with one attached hydrogen (secondary N) is 1. The van der Waals surface area contributed by atoms with Crippen molar-refractivity contribution in [2.24, 2.45) is 0 Å². The Bertz CT molecular complexity index is 849. The third-order valence-electron chi connectivity index (χ3n) is 5.14. The zero-order valence-electron chi connectivity index (χ0n) is 13.2. The average molecular weight is 287 g/mol. The lowest BCUT2D eigenvalue weighted by atomic mass is 9.71. The first-order chi connectivity index (χ1) is 10.7. The zero-order chi connectivity index (χ0) is 15.2. The number of aryl methyl sites for hydroxylation is 1. The van der Waals surface area contributed by atoms with Crippen LogP contribution >= 0.6 is 0 Å². The van der Waals surface area contributed by atoms with Gasteiger partial charge >= 0.3 is 0 Å². The first kappa shape index (κ1) is 13.5. The smallest absolute Gasteiger partial charge is 0.0308 e. The number of benzene rings is 3. The molecule has 1 nitrogen and oxygen atoms in total. The van der Waals surface area contributed by atoms with Gasteiger partial charge in [-0.05, 0) is 39.9 Å². The topological polar surface area (TPSA) is 12.0 Å². The monoisotopic (exact) mass is 287 g/mol. The number of hydrogen-bond donors (Lipinski definition) is 1. The van der Waals surface area contributed by atoms with Gasteiger partial charge in [0, 0.05) is 18.5 Å². The molecule has 1 atom stereocenters. The summed E-state index contributed by atoms with van der Waals surface area (Å²) in [7, 11) is 0. The molecule has 1 heterocycles. The van der Waals surface area contributed by atoms with E-state index in [2.05, 4.69) is 79.8 Å². The molecule has 110 valence electrons. The fraction of sp³-hybridized carbons (Fsp3) is 0.238. The third-order valence-corrected chi connectivity index (χ3v) is 5.14. The van der Waals surface area contributed by atoms with Gasteiger partial charge in [-0.15, -0.1) is 0 Å². The molecule has 1 N–H and O–H groups in total. The van der Waals surface area contributed by atoms with Gasteiger partial charge in [0.25, 0.3) is 0 Å². The minimum Gasteiger partial charge on any atom is -0.311 e. The van der Waals surface area contributed by atoms with Gasteiger partial charge < -0.3 is 5.32 Å². The van der Waals surface area contributed by atoms with Crippen LogP contribution in [0.4, 0.5) is 0 Å². The van der Waals surface area contributed by atoms with E-state index in [-0.39, 0.29) is 5.41 Å². The highest BCUT2D eigenvalue weighted by Gasteiger charge is 2.34. The molecule has 0 spiro atoms. The Morgan fingerprint density at radius 2 is 1.55 bits per heavy atom. The molecule has 0 saturated carbocycles. The summed E-state index contributed by atoms with van der Waals surface area (Å²) in [6, 6.07) is 22.2. The molecular weight excluding hydrogens is 266 g/mol. The molecule has 0 aliphatic carbocycles. The van der Waals surface area contributed by atoms with Crippen LogP contribution in [0.3, 0.4) is 0 Å². The molecule has 0 bridgehead atoms. The highest BCUT2D eigenvalue weighted by atomic mass is 14.9. The van der Waals surface area contributed by atoms with E-state index in [1.165, 1.54) is 33.0 Å². The lowest BCUT2D eigenvalue weighted by Crippen LogP contribution is -2.41. The molecule has 0 saturated heterocycles. The molecule has 0 aromatic heterocycles. The molecule has 0 radical (unpaired) electrons. The summed E-state index contributed by atoms with van der Waals surface area (Å²) in [5, 5.41) is 6.35. The summed E-state index contributed by atoms with van der Waals surface area (Å²) in [5.41, 5.74) is 5.67. The molecule has 22 heavy (non-hydrogen) atoms. The van der Waals surface area contributed by atoms with Crippen molar-refractivity contribution >= 4 is 10.8 Å². The van der Waals surface area contributed by atoms with Crippen molar-refractivity contribution in [3.8, 4) is 0 Å². The van der Waals surface area contributed by atoms with Crippen molar-refractivity contribution in [2.75, 3.05) is 6.54 Å². The molecule has 3 aromatic carbocycles. The summed E-state index contributed by atoms with van der Waals surface area (Å²) in [6.45, 7) is 6.52. The third kappa shape index (κ3) is 1.89. The van der Waals surface area contributed by atoms with Crippen molar-refractivity contribution in [1.29, 1.82) is 0 Å². The first-order valence-corrected chi connectivity index (χ1v) is 7.98. The van der Waals surface area contributed by atoms with Crippen molar-refractivity contribution in [3.63, 3.8) is 0 Å². The lowest BCUT2D eigenvalue weighted by molar-refractivity contribution is 0.468. The van der Waals surface area contributed by atoms with Gasteiger partial charge in [-0.1, -0.05) is 67.6 Å². The highest BCUT2D eigenvalue weighted by Crippen LogP contribution is 2.40. The Balaban J connectivity index is 2.02. The summed E-state index contributed by atoms with van der Waals surface area (Å²) >= 11 is 0. The maximum Gasteiger partial charge on any atom is 0.0308 e. The van der Waals surface area contributed by atoms with E-state index >= 15 is 0 Å². The maximum absolute atomic E-state index is 3.61. The van der Waals surface area contributed by atoms with Gasteiger partial charge in [0.05, 0.1) is 0 Å². The molecule has 0 amide bonds. The van der Waals surface area contributed by atoms with E-state index in [4.69, 9.17) is 0 Å². The minimum atomic E-state index is 0.0160. The van der Waals surface area contributed by atoms with Crippen LogP contribution in [-0.2, 0) is 12.0 Å². The van der Waals surface area contributed by atoms with Crippen molar-refractivity contribution < 1.29 is 0 Å². The van der Waals surface area contributed by atoms with Gasteiger partial charge in [0.15, 0.2) is 0 Å². The summed E-state index contributed by atoms with van der Waals surface area (Å²) in [6.07, 6.45) is 0. The number of hydrogen-bond acceptors (Lipinski definition) is 1. The summed E-state index contributed by atoms with van der Waals surface area (Å²) < 4.78 is 0. The van der Waals surface area contributed by atoms with Gasteiger partial charge in [0.1, 0.15) is 0 Å². The van der Waals surface area contributed by atoms with Crippen molar-refractivity contribution in [2.45, 2.75) is 25.8 Å². The van der Waals surface area contributed by atoms with Gasteiger partial charge in [-0.25, -0.2) is 0 Å². The van der Waals surface area contributed by atoms with Crippen molar-refractivity contribution in [1.82, 2.24) is 5.32 Å². The van der Waals surface area contributed by atoms with Crippen LogP contribution < -0.4 is 5.32 Å². The van der Waals surface area contributed by atoms with E-state index in [0.717, 1.165) is 13.1 Å². The van der Waals surface area contributed by atoms with Crippen LogP contribution in [0.1, 0.15) is 29.2 Å². The van der Waals surface area contributed by atoms with Crippen LogP contribution in [0.5, 0.6) is 0 Å². The zero-order valence-corrected chi connectivity index (χ0v) is 13.2. The van der Waals surface area contributed by atoms with Gasteiger partial charge in [-0.2, -0.15) is 0 Å². The second-order valence-electron chi connectivity index (χ2n) is 6.57. The minimum absolute atomic E-state index is 0.0160. The molecular formula is C21H21N. The van der Waals surface area contributed by atoms with Crippen LogP contribution in [0.25, 0.3) is 10.8 Å². The van der Waals surface area contributed by atoms with Crippen molar-refractivity contribution in [3.05, 3.63) is 82.9 Å². The Labute approximate surface area is 132 Å². The van der Waals surface area contributed by atoms with E-state index in [1.54, 1.807) is 0 Å². The Morgan fingerprint density at radius 3 is 2.41 bits per heavy atom. The summed E-state index contributed by atoms with van der Waals surface area (Å²) in [5.74, 6) is 0. The molecule has 1 aliphatic heterocycles. The molecule has 3 aromatic rings. The lowest BCUT2D eigenvalue weighted by Gasteiger charge is -2.38. The molecule has 4 rings (SSSR count). The summed E-state index contributed by atoms with van der Waals surface area (Å²) in [4.78, 5) is 0. The fourth-order valence-electron chi connectivity index (χ4n) is 3.93. The van der Waals surface area contributed by atoms with Crippen LogP contribution in [-0.4, -0.2) is 6.54 Å². The molecule has 1 unspecified atom stereocenters. The highest BCUT2D eigenvalue weighted by molar-refractivity contribution is 5.90. The first-order valence-electron chi connectivity index (χ1n) is 7.98. The second kappa shape index (κ2) is 4.96. The average Bonchev–Trinajstić information content (AvgIpc) is 2.56. The van der Waals surface area contributed by atoms with E-state index in [0.29, 0.717) is 0 Å². The predicted octanol–water partition coefficient (Wildman–Crippen LogP) is 4.56. The van der Waals surface area contributed by atoms with Crippen LogP contribution in [0, 0.1) is 6.92 Å². The van der Waals surface area contributed by atoms with Crippen LogP contribution in [0.15, 0.2) is 60.7 Å². The SMILES string of the molecule is Cc1ccc(C2(C)CNCc3ccccc32)c2ccccc12.